The Hall–Kier alpha value is -3.34. The predicted molar refractivity (Wildman–Crippen MR) is 119 cm³/mol. The highest BCUT2D eigenvalue weighted by Crippen LogP contribution is 2.20. The first-order valence-corrected chi connectivity index (χ1v) is 9.99. The summed E-state index contributed by atoms with van der Waals surface area (Å²) >= 11 is 0. The Kier molecular flexibility index (Phi) is 5.47. The number of piperazine rings is 1. The number of aromatic nitrogens is 1. The topological polar surface area (TPSA) is 48.5 Å². The van der Waals surface area contributed by atoms with Gasteiger partial charge in [-0.2, -0.15) is 0 Å². The molecule has 4 rings (SSSR count). The highest BCUT2D eigenvalue weighted by Gasteiger charge is 2.19. The van der Waals surface area contributed by atoms with E-state index in [0.29, 0.717) is 5.56 Å². The van der Waals surface area contributed by atoms with Crippen LogP contribution in [-0.2, 0) is 0 Å². The first-order chi connectivity index (χ1) is 14.1. The van der Waals surface area contributed by atoms with Gasteiger partial charge in [0.2, 0.25) is 0 Å². The van der Waals surface area contributed by atoms with Gasteiger partial charge >= 0.3 is 0 Å². The van der Waals surface area contributed by atoms with E-state index in [2.05, 4.69) is 50.4 Å². The maximum Gasteiger partial charge on any atom is 0.255 e. The van der Waals surface area contributed by atoms with Gasteiger partial charge in [-0.15, -0.1) is 0 Å². The van der Waals surface area contributed by atoms with Crippen LogP contribution in [0.25, 0.3) is 0 Å². The Morgan fingerprint density at radius 3 is 2.21 bits per heavy atom. The van der Waals surface area contributed by atoms with E-state index in [9.17, 15) is 4.79 Å². The zero-order valence-electron chi connectivity index (χ0n) is 16.9. The lowest BCUT2D eigenvalue weighted by Crippen LogP contribution is -2.46. The van der Waals surface area contributed by atoms with Crippen molar-refractivity contribution >= 4 is 23.1 Å². The van der Waals surface area contributed by atoms with Crippen LogP contribution in [0, 0.1) is 13.8 Å². The minimum Gasteiger partial charge on any atom is -0.368 e. The maximum atomic E-state index is 12.7. The molecule has 1 amide bonds. The minimum absolute atomic E-state index is 0.110. The highest BCUT2D eigenvalue weighted by atomic mass is 16.1. The fourth-order valence-electron chi connectivity index (χ4n) is 3.82. The van der Waals surface area contributed by atoms with Gasteiger partial charge in [0.05, 0.1) is 0 Å². The van der Waals surface area contributed by atoms with Gasteiger partial charge in [-0.05, 0) is 61.4 Å². The normalized spacial score (nSPS) is 14.0. The molecule has 1 saturated heterocycles. The lowest BCUT2D eigenvalue weighted by molar-refractivity contribution is 0.102. The number of carbonyl (C=O) groups excluding carboxylic acids is 1. The van der Waals surface area contributed by atoms with Gasteiger partial charge in [0.25, 0.3) is 5.91 Å². The second-order valence-electron chi connectivity index (χ2n) is 7.54. The summed E-state index contributed by atoms with van der Waals surface area (Å²) in [5.41, 5.74) is 4.96. The molecule has 2 heterocycles. The lowest BCUT2D eigenvalue weighted by Gasteiger charge is -2.36. The summed E-state index contributed by atoms with van der Waals surface area (Å²) in [6.45, 7) is 7.69. The second-order valence-corrected chi connectivity index (χ2v) is 7.54. The van der Waals surface area contributed by atoms with E-state index >= 15 is 0 Å². The van der Waals surface area contributed by atoms with E-state index in [-0.39, 0.29) is 5.91 Å². The molecule has 0 bridgehead atoms. The number of hydrogen-bond acceptors (Lipinski definition) is 4. The van der Waals surface area contributed by atoms with Crippen molar-refractivity contribution in [2.45, 2.75) is 13.8 Å². The van der Waals surface area contributed by atoms with Gasteiger partial charge in [-0.1, -0.05) is 24.3 Å². The molecule has 0 aliphatic carbocycles. The molecule has 148 valence electrons. The van der Waals surface area contributed by atoms with Crippen LogP contribution in [0.1, 0.15) is 21.5 Å². The maximum absolute atomic E-state index is 12.7. The number of pyridine rings is 1. The van der Waals surface area contributed by atoms with Crippen molar-refractivity contribution < 1.29 is 4.79 Å². The standard InChI is InChI=1S/C24H26N4O/c1-18-14-19(2)16-21(15-18)26-24(29)20-8-9-25-23(17-20)28-12-10-27(11-13-28)22-6-4-3-5-7-22/h3-9,14-17H,10-13H2,1-2H3,(H,26,29). The number of carbonyl (C=O) groups is 1. The first kappa shape index (κ1) is 19.0. The zero-order chi connectivity index (χ0) is 20.2. The fourth-order valence-corrected chi connectivity index (χ4v) is 3.82. The minimum atomic E-state index is -0.110. The molecular weight excluding hydrogens is 360 g/mol. The summed E-state index contributed by atoms with van der Waals surface area (Å²) < 4.78 is 0. The van der Waals surface area contributed by atoms with Crippen molar-refractivity contribution in [3.05, 3.63) is 83.6 Å². The number of nitrogens with zero attached hydrogens (tertiary/aromatic N) is 3. The van der Waals surface area contributed by atoms with E-state index in [4.69, 9.17) is 0 Å². The van der Waals surface area contributed by atoms with Crippen molar-refractivity contribution in [2.75, 3.05) is 41.3 Å². The van der Waals surface area contributed by atoms with Crippen LogP contribution >= 0.6 is 0 Å². The number of nitrogens with one attached hydrogen (secondary N) is 1. The van der Waals surface area contributed by atoms with E-state index < -0.39 is 0 Å². The van der Waals surface area contributed by atoms with E-state index in [0.717, 1.165) is 48.8 Å². The van der Waals surface area contributed by atoms with Gasteiger partial charge in [0.1, 0.15) is 5.82 Å². The summed E-state index contributed by atoms with van der Waals surface area (Å²) in [7, 11) is 0. The summed E-state index contributed by atoms with van der Waals surface area (Å²) in [5, 5.41) is 3.01. The SMILES string of the molecule is Cc1cc(C)cc(NC(=O)c2ccnc(N3CCN(c4ccccc4)CC3)c2)c1. The van der Waals surface area contributed by atoms with Crippen LogP contribution < -0.4 is 15.1 Å². The van der Waals surface area contributed by atoms with Crippen molar-refractivity contribution in [3.8, 4) is 0 Å². The Balaban J connectivity index is 1.43. The first-order valence-electron chi connectivity index (χ1n) is 9.99. The molecule has 29 heavy (non-hydrogen) atoms. The Bertz CT molecular complexity index is 975. The average molecular weight is 386 g/mol. The number of hydrogen-bond donors (Lipinski definition) is 1. The lowest BCUT2D eigenvalue weighted by atomic mass is 10.1. The third kappa shape index (κ3) is 4.57. The molecule has 1 fully saturated rings. The van der Waals surface area contributed by atoms with Crippen LogP contribution in [0.3, 0.4) is 0 Å². The number of rotatable bonds is 4. The molecule has 0 unspecified atom stereocenters. The highest BCUT2D eigenvalue weighted by molar-refractivity contribution is 6.04. The molecule has 1 aliphatic heterocycles. The molecule has 1 N–H and O–H groups in total. The molecule has 0 radical (unpaired) electrons. The van der Waals surface area contributed by atoms with Crippen molar-refractivity contribution in [3.63, 3.8) is 0 Å². The molecule has 1 aromatic heterocycles. The van der Waals surface area contributed by atoms with Gasteiger partial charge in [-0.3, -0.25) is 4.79 Å². The number of amides is 1. The molecule has 0 saturated carbocycles. The summed E-state index contributed by atoms with van der Waals surface area (Å²) in [6, 6.07) is 20.2. The van der Waals surface area contributed by atoms with Crippen LogP contribution in [-0.4, -0.2) is 37.1 Å². The third-order valence-electron chi connectivity index (χ3n) is 5.21. The smallest absolute Gasteiger partial charge is 0.255 e. The monoisotopic (exact) mass is 386 g/mol. The van der Waals surface area contributed by atoms with E-state index in [1.807, 2.05) is 38.1 Å². The van der Waals surface area contributed by atoms with Crippen molar-refractivity contribution in [1.82, 2.24) is 4.98 Å². The summed E-state index contributed by atoms with van der Waals surface area (Å²) in [4.78, 5) is 21.9. The van der Waals surface area contributed by atoms with E-state index in [1.54, 1.807) is 12.3 Å². The molecule has 0 atom stereocenters. The number of anilines is 3. The molecule has 3 aromatic rings. The quantitative estimate of drug-likeness (QED) is 0.727. The van der Waals surface area contributed by atoms with Crippen LogP contribution in [0.4, 0.5) is 17.2 Å². The third-order valence-corrected chi connectivity index (χ3v) is 5.21. The molecular formula is C24H26N4O. The van der Waals surface area contributed by atoms with Crippen molar-refractivity contribution in [1.29, 1.82) is 0 Å². The summed E-state index contributed by atoms with van der Waals surface area (Å²) in [6.07, 6.45) is 1.72. The largest absolute Gasteiger partial charge is 0.368 e. The number of aryl methyl sites for hydroxylation is 2. The molecule has 5 heteroatoms. The summed E-state index contributed by atoms with van der Waals surface area (Å²) in [5.74, 6) is 0.743. The van der Waals surface area contributed by atoms with E-state index in [1.165, 1.54) is 5.69 Å². The van der Waals surface area contributed by atoms with Crippen LogP contribution in [0.5, 0.6) is 0 Å². The Morgan fingerprint density at radius 2 is 1.52 bits per heavy atom. The molecule has 1 aliphatic rings. The van der Waals surface area contributed by atoms with Gasteiger partial charge in [0.15, 0.2) is 0 Å². The molecule has 2 aromatic carbocycles. The number of para-hydroxylation sites is 1. The Labute approximate surface area is 172 Å². The number of benzene rings is 2. The second kappa shape index (κ2) is 8.35. The fraction of sp³-hybridized carbons (Fsp3) is 0.250. The van der Waals surface area contributed by atoms with Crippen LogP contribution in [0.2, 0.25) is 0 Å². The Morgan fingerprint density at radius 1 is 0.862 bits per heavy atom. The van der Waals surface area contributed by atoms with Gasteiger partial charge in [0, 0.05) is 49.3 Å². The molecule has 0 spiro atoms. The zero-order valence-corrected chi connectivity index (χ0v) is 16.9. The van der Waals surface area contributed by atoms with Crippen LogP contribution in [0.15, 0.2) is 66.9 Å². The predicted octanol–water partition coefficient (Wildman–Crippen LogP) is 4.28. The van der Waals surface area contributed by atoms with Crippen molar-refractivity contribution in [2.24, 2.45) is 0 Å². The van der Waals surface area contributed by atoms with Gasteiger partial charge < -0.3 is 15.1 Å². The molecule has 5 nitrogen and oxygen atoms in total. The average Bonchev–Trinajstić information content (AvgIpc) is 2.74. The van der Waals surface area contributed by atoms with Gasteiger partial charge in [-0.25, -0.2) is 4.98 Å².